The van der Waals surface area contributed by atoms with Gasteiger partial charge in [-0.3, -0.25) is 19.4 Å². The van der Waals surface area contributed by atoms with E-state index in [0.29, 0.717) is 30.7 Å². The summed E-state index contributed by atoms with van der Waals surface area (Å²) in [7, 11) is 0. The topological polar surface area (TPSA) is 108 Å². The molecule has 2 aromatic rings. The smallest absolute Gasteiger partial charge is 0.481 e. The van der Waals surface area contributed by atoms with Crippen LogP contribution in [0.4, 0.5) is 13.2 Å². The van der Waals surface area contributed by atoms with E-state index in [1.165, 1.54) is 18.2 Å². The minimum Gasteiger partial charge on any atom is -0.481 e. The summed E-state index contributed by atoms with van der Waals surface area (Å²) in [5, 5.41) is 11.4. The lowest BCUT2D eigenvalue weighted by Crippen LogP contribution is -2.51. The molecule has 8 nitrogen and oxygen atoms in total. The van der Waals surface area contributed by atoms with E-state index in [9.17, 15) is 27.6 Å². The second-order valence-corrected chi connectivity index (χ2v) is 12.6. The number of carbonyl (C=O) groups excluding carboxylic acids is 2. The molecule has 0 bridgehead atoms. The number of hydrogen-bond acceptors (Lipinski definition) is 5. The highest BCUT2D eigenvalue weighted by atomic mass is 19.4. The number of halogens is 3. The molecule has 2 aliphatic rings. The number of benzene rings is 2. The van der Waals surface area contributed by atoms with Gasteiger partial charge in [-0.1, -0.05) is 64.8 Å². The third kappa shape index (κ3) is 7.86. The zero-order valence-electron chi connectivity index (χ0n) is 26.2. The van der Waals surface area contributed by atoms with E-state index in [4.69, 9.17) is 10.1 Å². The van der Waals surface area contributed by atoms with Gasteiger partial charge in [0.05, 0.1) is 12.5 Å². The summed E-state index contributed by atoms with van der Waals surface area (Å²) >= 11 is 0. The summed E-state index contributed by atoms with van der Waals surface area (Å²) in [5.74, 6) is -1.73. The first kappa shape index (κ1) is 34.0. The van der Waals surface area contributed by atoms with Crippen molar-refractivity contribution in [1.29, 1.82) is 0 Å². The molecule has 1 fully saturated rings. The van der Waals surface area contributed by atoms with Gasteiger partial charge in [-0.15, -0.1) is 13.2 Å². The van der Waals surface area contributed by atoms with Gasteiger partial charge in [-0.2, -0.15) is 0 Å². The maximum Gasteiger partial charge on any atom is 0.573 e. The van der Waals surface area contributed by atoms with Gasteiger partial charge < -0.3 is 20.1 Å². The number of aliphatic imine (C=N–C) groups is 1. The molecule has 1 unspecified atom stereocenters. The first-order valence-electron chi connectivity index (χ1n) is 15.6. The lowest BCUT2D eigenvalue weighted by atomic mass is 9.67. The number of alkyl halides is 3. The van der Waals surface area contributed by atoms with Crippen molar-refractivity contribution in [2.24, 2.45) is 16.3 Å². The average molecular weight is 630 g/mol. The Kier molecular flexibility index (Phi) is 10.3. The van der Waals surface area contributed by atoms with E-state index in [2.05, 4.69) is 30.8 Å². The van der Waals surface area contributed by atoms with Crippen LogP contribution in [0.5, 0.6) is 5.75 Å². The van der Waals surface area contributed by atoms with E-state index < -0.39 is 35.7 Å². The molecule has 1 spiro atoms. The Balaban J connectivity index is 1.70. The number of carboxylic acid groups (broad SMARTS) is 1. The predicted octanol–water partition coefficient (Wildman–Crippen LogP) is 7.29. The Hall–Kier alpha value is -3.89. The molecule has 2 aromatic carbocycles. The highest BCUT2D eigenvalue weighted by Crippen LogP contribution is 2.50. The third-order valence-corrected chi connectivity index (χ3v) is 9.39. The standard InChI is InChI=1S/C34H42F3N3O5/c1-5-8-27(22-11-13-23(14-12-22)30(43)38-20-17-28(41)42)40-31(44)29(24-9-7-10-26(21-24)45-34(35,36)37)39-33(40)18-15-25(16-19-33)32(3,4)6-2/h7,9-14,21,25,27H,5-6,8,15-20H2,1-4H3,(H,38,43)(H,41,42). The number of rotatable bonds is 12. The summed E-state index contributed by atoms with van der Waals surface area (Å²) in [6.07, 6.45) is 0.273. The number of carboxylic acids is 1. The summed E-state index contributed by atoms with van der Waals surface area (Å²) in [6, 6.07) is 11.9. The van der Waals surface area contributed by atoms with Crippen LogP contribution in [0.25, 0.3) is 0 Å². The monoisotopic (exact) mass is 629 g/mol. The first-order valence-corrected chi connectivity index (χ1v) is 15.6. The van der Waals surface area contributed by atoms with Crippen molar-refractivity contribution < 1.29 is 37.4 Å². The zero-order chi connectivity index (χ0) is 33.0. The molecule has 0 saturated heterocycles. The highest BCUT2D eigenvalue weighted by Gasteiger charge is 2.52. The Bertz CT molecular complexity index is 1410. The van der Waals surface area contributed by atoms with Crippen LogP contribution in [0, 0.1) is 11.3 Å². The Morgan fingerprint density at radius 1 is 1.11 bits per heavy atom. The fourth-order valence-electron chi connectivity index (χ4n) is 6.54. The Morgan fingerprint density at radius 2 is 1.78 bits per heavy atom. The summed E-state index contributed by atoms with van der Waals surface area (Å²) in [6.45, 7) is 8.71. The minimum atomic E-state index is -4.87. The van der Waals surface area contributed by atoms with E-state index in [-0.39, 0.29) is 35.6 Å². The van der Waals surface area contributed by atoms with Crippen LogP contribution in [0.2, 0.25) is 0 Å². The van der Waals surface area contributed by atoms with Crippen LogP contribution >= 0.6 is 0 Å². The zero-order valence-corrected chi connectivity index (χ0v) is 26.2. The lowest BCUT2D eigenvalue weighted by molar-refractivity contribution is -0.274. The number of amides is 2. The van der Waals surface area contributed by atoms with Crippen LogP contribution in [0.3, 0.4) is 0 Å². The number of nitrogens with zero attached hydrogens (tertiary/aromatic N) is 2. The molecule has 1 aliphatic heterocycles. The van der Waals surface area contributed by atoms with Gasteiger partial charge in [-0.05, 0) is 73.3 Å². The number of aliphatic carboxylic acids is 1. The fourth-order valence-corrected chi connectivity index (χ4v) is 6.54. The van der Waals surface area contributed by atoms with Crippen molar-refractivity contribution in [2.45, 2.75) is 97.1 Å². The number of ether oxygens (including phenoxy) is 1. The van der Waals surface area contributed by atoms with Gasteiger partial charge in [0.2, 0.25) is 0 Å². The molecule has 244 valence electrons. The van der Waals surface area contributed by atoms with Crippen LogP contribution in [0.1, 0.15) is 107 Å². The maximum atomic E-state index is 14.4. The van der Waals surface area contributed by atoms with Crippen LogP contribution in [-0.2, 0) is 9.59 Å². The molecule has 0 aromatic heterocycles. The lowest BCUT2D eigenvalue weighted by Gasteiger charge is -2.48. The van der Waals surface area contributed by atoms with Crippen molar-refractivity contribution in [3.63, 3.8) is 0 Å². The van der Waals surface area contributed by atoms with Crippen molar-refractivity contribution >= 4 is 23.5 Å². The van der Waals surface area contributed by atoms with Gasteiger partial charge in [0.15, 0.2) is 0 Å². The fraction of sp³-hybridized carbons (Fsp3) is 0.529. The second-order valence-electron chi connectivity index (χ2n) is 12.6. The number of nitrogens with one attached hydrogen (secondary N) is 1. The number of carbonyl (C=O) groups is 3. The highest BCUT2D eigenvalue weighted by molar-refractivity contribution is 6.46. The van der Waals surface area contributed by atoms with Gasteiger partial charge in [0, 0.05) is 17.7 Å². The number of hydrogen-bond donors (Lipinski definition) is 2. The van der Waals surface area contributed by atoms with E-state index in [1.807, 2.05) is 11.8 Å². The molecule has 11 heteroatoms. The third-order valence-electron chi connectivity index (χ3n) is 9.39. The molecule has 1 heterocycles. The van der Waals surface area contributed by atoms with Crippen LogP contribution in [0.15, 0.2) is 53.5 Å². The molecular weight excluding hydrogens is 587 g/mol. The molecule has 2 N–H and O–H groups in total. The van der Waals surface area contributed by atoms with Crippen molar-refractivity contribution in [3.05, 3.63) is 65.2 Å². The Labute approximate surface area is 262 Å². The van der Waals surface area contributed by atoms with E-state index >= 15 is 0 Å². The maximum absolute atomic E-state index is 14.4. The Morgan fingerprint density at radius 3 is 2.36 bits per heavy atom. The molecule has 1 saturated carbocycles. The first-order chi connectivity index (χ1) is 21.2. The molecule has 4 rings (SSSR count). The van der Waals surface area contributed by atoms with Gasteiger partial charge in [-0.25, -0.2) is 0 Å². The predicted molar refractivity (Wildman–Crippen MR) is 164 cm³/mol. The van der Waals surface area contributed by atoms with Crippen molar-refractivity contribution in [1.82, 2.24) is 10.2 Å². The van der Waals surface area contributed by atoms with Gasteiger partial charge in [0.25, 0.3) is 11.8 Å². The second kappa shape index (κ2) is 13.6. The van der Waals surface area contributed by atoms with Gasteiger partial charge >= 0.3 is 12.3 Å². The van der Waals surface area contributed by atoms with Gasteiger partial charge in [0.1, 0.15) is 17.1 Å². The van der Waals surface area contributed by atoms with E-state index in [1.54, 1.807) is 30.3 Å². The van der Waals surface area contributed by atoms with Crippen LogP contribution < -0.4 is 10.1 Å². The molecular formula is C34H42F3N3O5. The van der Waals surface area contributed by atoms with Crippen molar-refractivity contribution in [3.8, 4) is 5.75 Å². The normalized spacial score (nSPS) is 21.0. The molecule has 0 radical (unpaired) electrons. The summed E-state index contributed by atoms with van der Waals surface area (Å²) < 4.78 is 43.2. The summed E-state index contributed by atoms with van der Waals surface area (Å²) in [4.78, 5) is 44.6. The minimum absolute atomic E-state index is 0.00430. The van der Waals surface area contributed by atoms with Crippen molar-refractivity contribution in [2.75, 3.05) is 6.54 Å². The quantitative estimate of drug-likeness (QED) is 0.257. The molecule has 1 aliphatic carbocycles. The summed E-state index contributed by atoms with van der Waals surface area (Å²) in [5.41, 5.74) is 0.819. The molecule has 2 amide bonds. The largest absolute Gasteiger partial charge is 0.573 e. The molecule has 1 atom stereocenters. The van der Waals surface area contributed by atoms with E-state index in [0.717, 1.165) is 31.2 Å². The molecule has 45 heavy (non-hydrogen) atoms. The SMILES string of the molecule is CCCC(c1ccc(C(=O)NCCC(=O)O)cc1)N1C(=O)C(c2cccc(OC(F)(F)F)c2)=NC12CCC(C(C)(C)CC)CC2. The average Bonchev–Trinajstić information content (AvgIpc) is 3.26. The van der Waals surface area contributed by atoms with Crippen LogP contribution in [-0.4, -0.2) is 52.1 Å².